The average Bonchev–Trinajstić information content (AvgIpc) is 2.50. The number of hydrogen-bond acceptors (Lipinski definition) is 2. The van der Waals surface area contributed by atoms with E-state index in [4.69, 9.17) is 4.74 Å². The lowest BCUT2D eigenvalue weighted by Gasteiger charge is -2.16. The van der Waals surface area contributed by atoms with Crippen molar-refractivity contribution < 1.29 is 13.9 Å². The maximum atomic E-state index is 12.9. The highest BCUT2D eigenvalue weighted by molar-refractivity contribution is 5.78. The van der Waals surface area contributed by atoms with Crippen LogP contribution in [0.5, 0.6) is 5.75 Å². The van der Waals surface area contributed by atoms with Crippen LogP contribution in [0.4, 0.5) is 4.39 Å². The SMILES string of the molecule is Cc1cc(C)c(C)c(OCC(=O)NC(C)c2ccc(F)cc2)c1. The Hall–Kier alpha value is -2.36. The van der Waals surface area contributed by atoms with Gasteiger partial charge in [-0.25, -0.2) is 4.39 Å². The lowest BCUT2D eigenvalue weighted by atomic mass is 10.1. The molecule has 122 valence electrons. The van der Waals surface area contributed by atoms with Crippen LogP contribution in [0.25, 0.3) is 0 Å². The van der Waals surface area contributed by atoms with Crippen molar-refractivity contribution in [3.05, 3.63) is 64.5 Å². The molecule has 0 radical (unpaired) electrons. The lowest BCUT2D eigenvalue weighted by Crippen LogP contribution is -2.31. The molecule has 4 heteroatoms. The summed E-state index contributed by atoms with van der Waals surface area (Å²) in [5.74, 6) is 0.230. The summed E-state index contributed by atoms with van der Waals surface area (Å²) in [5, 5.41) is 2.85. The number of aryl methyl sites for hydroxylation is 2. The third-order valence-corrected chi connectivity index (χ3v) is 3.87. The van der Waals surface area contributed by atoms with Crippen molar-refractivity contribution in [1.29, 1.82) is 0 Å². The minimum Gasteiger partial charge on any atom is -0.483 e. The zero-order valence-corrected chi connectivity index (χ0v) is 13.9. The van der Waals surface area contributed by atoms with Gasteiger partial charge in [0.15, 0.2) is 6.61 Å². The van der Waals surface area contributed by atoms with Gasteiger partial charge in [-0.1, -0.05) is 18.2 Å². The van der Waals surface area contributed by atoms with Gasteiger partial charge in [0.05, 0.1) is 6.04 Å². The Labute approximate surface area is 136 Å². The van der Waals surface area contributed by atoms with Gasteiger partial charge in [-0.15, -0.1) is 0 Å². The number of nitrogens with one attached hydrogen (secondary N) is 1. The third-order valence-electron chi connectivity index (χ3n) is 3.87. The zero-order valence-electron chi connectivity index (χ0n) is 13.9. The van der Waals surface area contributed by atoms with Crippen LogP contribution >= 0.6 is 0 Å². The van der Waals surface area contributed by atoms with Gasteiger partial charge in [-0.3, -0.25) is 4.79 Å². The van der Waals surface area contributed by atoms with Crippen LogP contribution in [-0.4, -0.2) is 12.5 Å². The molecule has 23 heavy (non-hydrogen) atoms. The Morgan fingerprint density at radius 3 is 2.48 bits per heavy atom. The molecule has 1 N–H and O–H groups in total. The summed E-state index contributed by atoms with van der Waals surface area (Å²) in [6.45, 7) is 7.80. The van der Waals surface area contributed by atoms with E-state index in [9.17, 15) is 9.18 Å². The van der Waals surface area contributed by atoms with E-state index in [2.05, 4.69) is 11.4 Å². The fraction of sp³-hybridized carbons (Fsp3) is 0.316. The van der Waals surface area contributed by atoms with Crippen molar-refractivity contribution in [1.82, 2.24) is 5.32 Å². The summed E-state index contributed by atoms with van der Waals surface area (Å²) in [7, 11) is 0. The molecule has 2 aromatic carbocycles. The molecule has 0 heterocycles. The number of rotatable bonds is 5. The molecule has 0 aliphatic heterocycles. The number of amides is 1. The van der Waals surface area contributed by atoms with Crippen molar-refractivity contribution in [3.8, 4) is 5.75 Å². The second-order valence-electron chi connectivity index (χ2n) is 5.83. The van der Waals surface area contributed by atoms with Crippen LogP contribution < -0.4 is 10.1 Å². The zero-order chi connectivity index (χ0) is 17.0. The second kappa shape index (κ2) is 7.27. The van der Waals surface area contributed by atoms with Crippen molar-refractivity contribution >= 4 is 5.91 Å². The monoisotopic (exact) mass is 315 g/mol. The Morgan fingerprint density at radius 1 is 1.17 bits per heavy atom. The minimum atomic E-state index is -0.291. The van der Waals surface area contributed by atoms with Crippen LogP contribution in [0, 0.1) is 26.6 Å². The Bertz CT molecular complexity index is 695. The molecule has 2 rings (SSSR count). The van der Waals surface area contributed by atoms with Crippen molar-refractivity contribution in [3.63, 3.8) is 0 Å². The largest absolute Gasteiger partial charge is 0.483 e. The number of carbonyl (C=O) groups is 1. The molecule has 0 aliphatic rings. The highest BCUT2D eigenvalue weighted by Gasteiger charge is 2.11. The first-order valence-electron chi connectivity index (χ1n) is 7.62. The quantitative estimate of drug-likeness (QED) is 0.905. The maximum absolute atomic E-state index is 12.9. The van der Waals surface area contributed by atoms with Crippen LogP contribution in [0.2, 0.25) is 0 Å². The number of benzene rings is 2. The third kappa shape index (κ3) is 4.55. The van der Waals surface area contributed by atoms with Crippen molar-refractivity contribution in [2.45, 2.75) is 33.7 Å². The van der Waals surface area contributed by atoms with Gasteiger partial charge in [-0.2, -0.15) is 0 Å². The summed E-state index contributed by atoms with van der Waals surface area (Å²) in [5.41, 5.74) is 4.13. The van der Waals surface area contributed by atoms with Crippen LogP contribution in [0.3, 0.4) is 0 Å². The van der Waals surface area contributed by atoms with Gasteiger partial charge in [0.25, 0.3) is 5.91 Å². The normalized spacial score (nSPS) is 11.9. The summed E-state index contributed by atoms with van der Waals surface area (Å²) in [4.78, 5) is 12.0. The molecule has 0 spiro atoms. The molecule has 3 nitrogen and oxygen atoms in total. The topological polar surface area (TPSA) is 38.3 Å². The van der Waals surface area contributed by atoms with E-state index in [-0.39, 0.29) is 24.4 Å². The molecule has 0 saturated heterocycles. The van der Waals surface area contributed by atoms with Crippen molar-refractivity contribution in [2.75, 3.05) is 6.61 Å². The van der Waals surface area contributed by atoms with Gasteiger partial charge < -0.3 is 10.1 Å². The molecule has 1 atom stereocenters. The number of ether oxygens (including phenoxy) is 1. The molecule has 0 aliphatic carbocycles. The average molecular weight is 315 g/mol. The van der Waals surface area contributed by atoms with E-state index in [0.29, 0.717) is 0 Å². The first-order valence-corrected chi connectivity index (χ1v) is 7.62. The molecule has 0 saturated carbocycles. The molecule has 0 aromatic heterocycles. The molecular formula is C19H22FNO2. The standard InChI is InChI=1S/C19H22FNO2/c1-12-9-13(2)14(3)18(10-12)23-11-19(22)21-15(4)16-5-7-17(20)8-6-16/h5-10,15H,11H2,1-4H3,(H,21,22). The second-order valence-corrected chi connectivity index (χ2v) is 5.83. The fourth-order valence-corrected chi connectivity index (χ4v) is 2.41. The van der Waals surface area contributed by atoms with Gasteiger partial charge in [0, 0.05) is 0 Å². The van der Waals surface area contributed by atoms with Crippen LogP contribution in [0.15, 0.2) is 36.4 Å². The van der Waals surface area contributed by atoms with Crippen molar-refractivity contribution in [2.24, 2.45) is 0 Å². The minimum absolute atomic E-state index is 0.0464. The summed E-state index contributed by atoms with van der Waals surface area (Å²) < 4.78 is 18.6. The van der Waals surface area contributed by atoms with E-state index in [0.717, 1.165) is 28.0 Å². The number of halogens is 1. The number of hydrogen-bond donors (Lipinski definition) is 1. The lowest BCUT2D eigenvalue weighted by molar-refractivity contribution is -0.123. The van der Waals surface area contributed by atoms with E-state index in [1.807, 2.05) is 33.8 Å². The molecule has 0 bridgehead atoms. The molecule has 1 amide bonds. The van der Waals surface area contributed by atoms with Gasteiger partial charge in [-0.05, 0) is 68.1 Å². The maximum Gasteiger partial charge on any atom is 0.258 e. The van der Waals surface area contributed by atoms with Gasteiger partial charge in [0.1, 0.15) is 11.6 Å². The van der Waals surface area contributed by atoms with Gasteiger partial charge in [0.2, 0.25) is 0 Å². The fourth-order valence-electron chi connectivity index (χ4n) is 2.41. The molecular weight excluding hydrogens is 293 g/mol. The predicted octanol–water partition coefficient (Wildman–Crippen LogP) is 4.01. The first-order chi connectivity index (χ1) is 10.9. The Morgan fingerprint density at radius 2 is 1.83 bits per heavy atom. The van der Waals surface area contributed by atoms with E-state index in [1.165, 1.54) is 12.1 Å². The number of carbonyl (C=O) groups excluding carboxylic acids is 1. The molecule has 1 unspecified atom stereocenters. The predicted molar refractivity (Wildman–Crippen MR) is 89.1 cm³/mol. The Kier molecular flexibility index (Phi) is 5.37. The van der Waals surface area contributed by atoms with E-state index < -0.39 is 0 Å². The van der Waals surface area contributed by atoms with Crippen LogP contribution in [0.1, 0.15) is 35.2 Å². The first kappa shape index (κ1) is 17.0. The van der Waals surface area contributed by atoms with Gasteiger partial charge >= 0.3 is 0 Å². The van der Waals surface area contributed by atoms with E-state index in [1.54, 1.807) is 12.1 Å². The van der Waals surface area contributed by atoms with E-state index >= 15 is 0 Å². The molecule has 2 aromatic rings. The Balaban J connectivity index is 1.94. The summed E-state index contributed by atoms with van der Waals surface area (Å²) in [6, 6.07) is 9.90. The summed E-state index contributed by atoms with van der Waals surface area (Å²) in [6.07, 6.45) is 0. The van der Waals surface area contributed by atoms with Crippen LogP contribution in [-0.2, 0) is 4.79 Å². The highest BCUT2D eigenvalue weighted by atomic mass is 19.1. The molecule has 0 fully saturated rings. The highest BCUT2D eigenvalue weighted by Crippen LogP contribution is 2.23. The summed E-state index contributed by atoms with van der Waals surface area (Å²) >= 11 is 0. The smallest absolute Gasteiger partial charge is 0.258 e.